The Kier molecular flexibility index (Phi) is 3.31. The van der Waals surface area contributed by atoms with Gasteiger partial charge in [-0.3, -0.25) is 9.59 Å². The molecule has 2 atom stereocenters. The molecule has 0 aliphatic heterocycles. The van der Waals surface area contributed by atoms with Gasteiger partial charge < -0.3 is 4.90 Å². The van der Waals surface area contributed by atoms with Crippen LogP contribution in [0.3, 0.4) is 0 Å². The average molecular weight is 265 g/mol. The summed E-state index contributed by atoms with van der Waals surface area (Å²) in [6, 6.07) is 0. The van der Waals surface area contributed by atoms with Gasteiger partial charge in [0.25, 0.3) is 0 Å². The fourth-order valence-electron chi connectivity index (χ4n) is 4.20. The molecule has 1 amide bonds. The Bertz CT molecular complexity index is 415. The number of ketones is 1. The van der Waals surface area contributed by atoms with Gasteiger partial charge in [0, 0.05) is 25.4 Å². The number of unbranched alkanes of at least 4 members (excludes halogenated alkanes) is 1. The van der Waals surface area contributed by atoms with Crippen LogP contribution < -0.4 is 0 Å². The van der Waals surface area contributed by atoms with E-state index in [0.29, 0.717) is 12.2 Å². The molecule has 0 radical (unpaired) electrons. The molecule has 3 nitrogen and oxygen atoms in total. The normalized spacial score (nSPS) is 35.7. The number of amides is 1. The zero-order chi connectivity index (χ0) is 14.5. The molecule has 2 bridgehead atoms. The maximum absolute atomic E-state index is 12.9. The van der Waals surface area contributed by atoms with Gasteiger partial charge in [0.15, 0.2) is 0 Å². The van der Waals surface area contributed by atoms with Crippen molar-refractivity contribution in [1.82, 2.24) is 4.90 Å². The third kappa shape index (κ3) is 1.63. The molecule has 2 aliphatic rings. The SMILES string of the molecule is CCCCN(C)C(=O)C12CCC(C)(C(=O)C1)C2(C)C. The van der Waals surface area contributed by atoms with Crippen LogP contribution in [-0.2, 0) is 9.59 Å². The zero-order valence-corrected chi connectivity index (χ0v) is 13.0. The first-order valence-electron chi connectivity index (χ1n) is 7.52. The van der Waals surface area contributed by atoms with Crippen molar-refractivity contribution >= 4 is 11.7 Å². The first-order valence-corrected chi connectivity index (χ1v) is 7.52. The summed E-state index contributed by atoms with van der Waals surface area (Å²) in [5.41, 5.74) is -0.954. The molecule has 0 saturated heterocycles. The largest absolute Gasteiger partial charge is 0.345 e. The van der Waals surface area contributed by atoms with Gasteiger partial charge in [0.1, 0.15) is 5.78 Å². The smallest absolute Gasteiger partial charge is 0.229 e. The molecule has 2 unspecified atom stereocenters. The van der Waals surface area contributed by atoms with E-state index < -0.39 is 5.41 Å². The highest BCUT2D eigenvalue weighted by Crippen LogP contribution is 2.70. The van der Waals surface area contributed by atoms with Gasteiger partial charge in [-0.2, -0.15) is 0 Å². The molecule has 0 aromatic heterocycles. The Hall–Kier alpha value is -0.860. The third-order valence-electron chi connectivity index (χ3n) is 6.31. The predicted octanol–water partition coefficient (Wildman–Crippen LogP) is 3.03. The van der Waals surface area contributed by atoms with E-state index in [4.69, 9.17) is 0 Å². The maximum Gasteiger partial charge on any atom is 0.229 e. The summed E-state index contributed by atoms with van der Waals surface area (Å²) in [5.74, 6) is 0.488. The average Bonchev–Trinajstić information content (AvgIpc) is 2.65. The van der Waals surface area contributed by atoms with Gasteiger partial charge in [-0.25, -0.2) is 0 Å². The van der Waals surface area contributed by atoms with Crippen LogP contribution >= 0.6 is 0 Å². The van der Waals surface area contributed by atoms with Crippen LogP contribution in [-0.4, -0.2) is 30.2 Å². The van der Waals surface area contributed by atoms with Crippen LogP contribution in [0, 0.1) is 16.2 Å². The molecular weight excluding hydrogens is 238 g/mol. The topological polar surface area (TPSA) is 37.4 Å². The summed E-state index contributed by atoms with van der Waals surface area (Å²) in [4.78, 5) is 27.1. The summed E-state index contributed by atoms with van der Waals surface area (Å²) in [6.45, 7) is 9.24. The summed E-state index contributed by atoms with van der Waals surface area (Å²) < 4.78 is 0. The lowest BCUT2D eigenvalue weighted by atomic mass is 9.64. The Labute approximate surface area is 116 Å². The van der Waals surface area contributed by atoms with Crippen LogP contribution in [0.2, 0.25) is 0 Å². The van der Waals surface area contributed by atoms with Gasteiger partial charge in [-0.15, -0.1) is 0 Å². The van der Waals surface area contributed by atoms with Crippen molar-refractivity contribution in [2.24, 2.45) is 16.2 Å². The Morgan fingerprint density at radius 3 is 2.32 bits per heavy atom. The van der Waals surface area contributed by atoms with Gasteiger partial charge in [-0.1, -0.05) is 34.1 Å². The van der Waals surface area contributed by atoms with Crippen LogP contribution in [0.1, 0.15) is 59.8 Å². The molecule has 0 N–H and O–H groups in total. The van der Waals surface area contributed by atoms with Crippen LogP contribution in [0.4, 0.5) is 0 Å². The fraction of sp³-hybridized carbons (Fsp3) is 0.875. The molecule has 0 spiro atoms. The Balaban J connectivity index is 2.29. The van der Waals surface area contributed by atoms with E-state index in [9.17, 15) is 9.59 Å². The first kappa shape index (κ1) is 14.5. The van der Waals surface area contributed by atoms with E-state index in [1.54, 1.807) is 0 Å². The standard InChI is InChI=1S/C16H27NO2/c1-6-7-10-17(5)13(19)16-9-8-15(4,12(18)11-16)14(16,2)3/h6-11H2,1-5H3. The van der Waals surface area contributed by atoms with Crippen molar-refractivity contribution in [2.75, 3.05) is 13.6 Å². The number of fused-ring (bicyclic) bond motifs is 2. The van der Waals surface area contributed by atoms with Crippen LogP contribution in [0.5, 0.6) is 0 Å². The lowest BCUT2D eigenvalue weighted by molar-refractivity contribution is -0.146. The summed E-state index contributed by atoms with van der Waals surface area (Å²) >= 11 is 0. The first-order chi connectivity index (χ1) is 8.73. The molecule has 2 fully saturated rings. The van der Waals surface area contributed by atoms with Crippen molar-refractivity contribution in [1.29, 1.82) is 0 Å². The minimum Gasteiger partial charge on any atom is -0.345 e. The highest BCUT2D eigenvalue weighted by molar-refractivity contribution is 5.99. The summed E-state index contributed by atoms with van der Waals surface area (Å²) in [7, 11) is 1.89. The number of carbonyl (C=O) groups is 2. The fourth-order valence-corrected chi connectivity index (χ4v) is 4.20. The molecule has 0 aromatic carbocycles. The lowest BCUT2D eigenvalue weighted by Gasteiger charge is -2.40. The van der Waals surface area contributed by atoms with Gasteiger partial charge >= 0.3 is 0 Å². The number of nitrogens with zero attached hydrogens (tertiary/aromatic N) is 1. The minimum atomic E-state index is -0.443. The van der Waals surface area contributed by atoms with Gasteiger partial charge in [-0.05, 0) is 24.7 Å². The van der Waals surface area contributed by atoms with E-state index in [2.05, 4.69) is 27.7 Å². The van der Waals surface area contributed by atoms with Crippen molar-refractivity contribution in [3.63, 3.8) is 0 Å². The van der Waals surface area contributed by atoms with Crippen LogP contribution in [0.25, 0.3) is 0 Å². The monoisotopic (exact) mass is 265 g/mol. The highest BCUT2D eigenvalue weighted by atomic mass is 16.2. The Morgan fingerprint density at radius 1 is 1.26 bits per heavy atom. The number of Topliss-reactive ketones (excluding diaryl/α,β-unsaturated/α-hetero) is 1. The van der Waals surface area contributed by atoms with E-state index >= 15 is 0 Å². The second-order valence-electron chi connectivity index (χ2n) is 7.22. The summed E-state index contributed by atoms with van der Waals surface area (Å²) in [6.07, 6.45) is 4.31. The molecule has 2 saturated carbocycles. The zero-order valence-electron chi connectivity index (χ0n) is 13.0. The van der Waals surface area contributed by atoms with Crippen molar-refractivity contribution in [2.45, 2.75) is 59.8 Å². The highest BCUT2D eigenvalue weighted by Gasteiger charge is 2.72. The second kappa shape index (κ2) is 4.32. The van der Waals surface area contributed by atoms with E-state index in [-0.39, 0.29) is 16.7 Å². The number of rotatable bonds is 4. The van der Waals surface area contributed by atoms with Crippen molar-refractivity contribution in [3.05, 3.63) is 0 Å². The van der Waals surface area contributed by atoms with Gasteiger partial charge in [0.05, 0.1) is 5.41 Å². The molecule has 108 valence electrons. The van der Waals surface area contributed by atoms with E-state index in [0.717, 1.165) is 32.2 Å². The summed E-state index contributed by atoms with van der Waals surface area (Å²) in [5, 5.41) is 0. The van der Waals surface area contributed by atoms with Crippen molar-refractivity contribution in [3.8, 4) is 0 Å². The second-order valence-corrected chi connectivity index (χ2v) is 7.22. The number of hydrogen-bond donors (Lipinski definition) is 0. The number of carbonyl (C=O) groups excluding carboxylic acids is 2. The molecule has 3 heteroatoms. The molecule has 2 rings (SSSR count). The molecule has 0 aromatic rings. The predicted molar refractivity (Wildman–Crippen MR) is 75.7 cm³/mol. The maximum atomic E-state index is 12.9. The molecule has 2 aliphatic carbocycles. The van der Waals surface area contributed by atoms with Crippen molar-refractivity contribution < 1.29 is 9.59 Å². The van der Waals surface area contributed by atoms with Crippen LogP contribution in [0.15, 0.2) is 0 Å². The van der Waals surface area contributed by atoms with Gasteiger partial charge in [0.2, 0.25) is 5.91 Å². The number of hydrogen-bond acceptors (Lipinski definition) is 2. The molecule has 0 heterocycles. The van der Waals surface area contributed by atoms with E-state index in [1.165, 1.54) is 0 Å². The molecular formula is C16H27NO2. The molecule has 19 heavy (non-hydrogen) atoms. The Morgan fingerprint density at radius 2 is 1.89 bits per heavy atom. The quantitative estimate of drug-likeness (QED) is 0.783. The van der Waals surface area contributed by atoms with E-state index in [1.807, 2.05) is 11.9 Å². The minimum absolute atomic E-state index is 0.195. The third-order valence-corrected chi connectivity index (χ3v) is 6.31. The lowest BCUT2D eigenvalue weighted by Crippen LogP contribution is -2.47.